The molecule has 0 unspecified atom stereocenters. The highest BCUT2D eigenvalue weighted by atomic mass is 16.5. The monoisotopic (exact) mass is 303 g/mol. The van der Waals surface area contributed by atoms with Crippen molar-refractivity contribution in [3.8, 4) is 0 Å². The van der Waals surface area contributed by atoms with Crippen LogP contribution in [0.3, 0.4) is 0 Å². The van der Waals surface area contributed by atoms with Crippen LogP contribution in [-0.2, 0) is 11.8 Å². The van der Waals surface area contributed by atoms with Gasteiger partial charge in [0.2, 0.25) is 0 Å². The van der Waals surface area contributed by atoms with Gasteiger partial charge >= 0.3 is 0 Å². The molecule has 1 fully saturated rings. The summed E-state index contributed by atoms with van der Waals surface area (Å²) in [5, 5.41) is 2.97. The Bertz CT molecular complexity index is 600. The third-order valence-corrected chi connectivity index (χ3v) is 4.01. The van der Waals surface area contributed by atoms with Crippen molar-refractivity contribution in [3.63, 3.8) is 0 Å². The van der Waals surface area contributed by atoms with E-state index in [9.17, 15) is 4.79 Å². The smallest absolute Gasteiger partial charge is 0.287 e. The minimum Gasteiger partial charge on any atom is -0.459 e. The summed E-state index contributed by atoms with van der Waals surface area (Å²) in [4.78, 5) is 14.4. The van der Waals surface area contributed by atoms with E-state index >= 15 is 0 Å². The number of carbonyl (C=O) groups is 1. The van der Waals surface area contributed by atoms with E-state index in [2.05, 4.69) is 20.9 Å². The average molecular weight is 303 g/mol. The zero-order chi connectivity index (χ0) is 15.4. The molecule has 22 heavy (non-hydrogen) atoms. The van der Waals surface area contributed by atoms with Gasteiger partial charge in [0.15, 0.2) is 5.76 Å². The topological polar surface area (TPSA) is 59.6 Å². The molecule has 1 atom stereocenters. The minimum absolute atomic E-state index is 0.128. The second kappa shape index (κ2) is 6.81. The van der Waals surface area contributed by atoms with Crippen LogP contribution in [0.1, 0.15) is 22.3 Å². The van der Waals surface area contributed by atoms with E-state index in [1.54, 1.807) is 12.1 Å². The van der Waals surface area contributed by atoms with Crippen molar-refractivity contribution in [1.82, 2.24) is 14.8 Å². The van der Waals surface area contributed by atoms with Crippen molar-refractivity contribution in [2.45, 2.75) is 6.04 Å². The molecule has 0 aromatic carbocycles. The molecule has 0 saturated carbocycles. The summed E-state index contributed by atoms with van der Waals surface area (Å²) >= 11 is 0. The number of nitrogens with zero attached hydrogens (tertiary/aromatic N) is 2. The lowest BCUT2D eigenvalue weighted by molar-refractivity contribution is 0.0147. The highest BCUT2D eigenvalue weighted by molar-refractivity contribution is 5.91. The van der Waals surface area contributed by atoms with E-state index in [1.165, 1.54) is 12.0 Å². The highest BCUT2D eigenvalue weighted by Gasteiger charge is 2.25. The van der Waals surface area contributed by atoms with Crippen molar-refractivity contribution in [2.75, 3.05) is 32.8 Å². The number of aryl methyl sites for hydroxylation is 1. The Hall–Kier alpha value is -2.05. The summed E-state index contributed by atoms with van der Waals surface area (Å²) in [5.74, 6) is 0.157. The Kier molecular flexibility index (Phi) is 4.60. The van der Waals surface area contributed by atoms with Crippen LogP contribution in [0.25, 0.3) is 0 Å². The number of morpholine rings is 1. The second-order valence-electron chi connectivity index (χ2n) is 5.40. The van der Waals surface area contributed by atoms with Crippen LogP contribution in [0.4, 0.5) is 0 Å². The van der Waals surface area contributed by atoms with Crippen LogP contribution in [0, 0.1) is 0 Å². The Balaban J connectivity index is 1.71. The molecule has 0 aliphatic carbocycles. The second-order valence-corrected chi connectivity index (χ2v) is 5.40. The van der Waals surface area contributed by atoms with E-state index in [1.807, 2.05) is 19.3 Å². The van der Waals surface area contributed by atoms with Gasteiger partial charge in [0, 0.05) is 38.6 Å². The van der Waals surface area contributed by atoms with E-state index in [4.69, 9.17) is 9.15 Å². The van der Waals surface area contributed by atoms with Crippen LogP contribution < -0.4 is 5.32 Å². The van der Waals surface area contributed by atoms with E-state index in [0.29, 0.717) is 12.3 Å². The van der Waals surface area contributed by atoms with Gasteiger partial charge in [0.25, 0.3) is 5.91 Å². The van der Waals surface area contributed by atoms with Crippen LogP contribution >= 0.6 is 0 Å². The lowest BCUT2D eigenvalue weighted by Crippen LogP contribution is -2.44. The first-order valence-corrected chi connectivity index (χ1v) is 7.50. The lowest BCUT2D eigenvalue weighted by atomic mass is 10.1. The third kappa shape index (κ3) is 3.23. The molecule has 6 nitrogen and oxygen atoms in total. The van der Waals surface area contributed by atoms with E-state index in [-0.39, 0.29) is 11.9 Å². The fraction of sp³-hybridized carbons (Fsp3) is 0.438. The van der Waals surface area contributed by atoms with Crippen molar-refractivity contribution >= 4 is 5.91 Å². The van der Waals surface area contributed by atoms with Crippen LogP contribution in [0.15, 0.2) is 41.1 Å². The zero-order valence-corrected chi connectivity index (χ0v) is 12.7. The molecule has 1 saturated heterocycles. The first-order valence-electron chi connectivity index (χ1n) is 7.50. The number of ether oxygens (including phenoxy) is 1. The fourth-order valence-electron chi connectivity index (χ4n) is 2.81. The zero-order valence-electron chi connectivity index (χ0n) is 12.7. The molecule has 118 valence electrons. The number of hydrogen-bond donors (Lipinski definition) is 1. The Morgan fingerprint density at radius 2 is 2.14 bits per heavy atom. The summed E-state index contributed by atoms with van der Waals surface area (Å²) in [6, 6.07) is 7.63. The Morgan fingerprint density at radius 1 is 1.32 bits per heavy atom. The summed E-state index contributed by atoms with van der Waals surface area (Å²) < 4.78 is 12.7. The van der Waals surface area contributed by atoms with Crippen molar-refractivity contribution in [2.24, 2.45) is 7.05 Å². The number of carbonyl (C=O) groups excluding carboxylic acids is 1. The van der Waals surface area contributed by atoms with Gasteiger partial charge < -0.3 is 19.0 Å². The van der Waals surface area contributed by atoms with Gasteiger partial charge in [-0.3, -0.25) is 9.69 Å². The lowest BCUT2D eigenvalue weighted by Gasteiger charge is -2.34. The van der Waals surface area contributed by atoms with Crippen molar-refractivity contribution in [3.05, 3.63) is 48.2 Å². The van der Waals surface area contributed by atoms with Crippen molar-refractivity contribution in [1.29, 1.82) is 0 Å². The largest absolute Gasteiger partial charge is 0.459 e. The third-order valence-electron chi connectivity index (χ3n) is 4.01. The number of furan rings is 1. The van der Waals surface area contributed by atoms with E-state index in [0.717, 1.165) is 26.3 Å². The molecule has 0 spiro atoms. The number of aromatic nitrogens is 1. The first kappa shape index (κ1) is 14.9. The molecule has 0 bridgehead atoms. The maximum absolute atomic E-state index is 12.1. The van der Waals surface area contributed by atoms with E-state index < -0.39 is 0 Å². The Morgan fingerprint density at radius 3 is 2.77 bits per heavy atom. The minimum atomic E-state index is -0.183. The SMILES string of the molecule is Cn1cccc1[C@H](CNC(=O)c1ccco1)N1CCOCC1. The molecule has 1 N–H and O–H groups in total. The first-order chi connectivity index (χ1) is 10.8. The Labute approximate surface area is 129 Å². The van der Waals surface area contributed by atoms with Gasteiger partial charge in [-0.05, 0) is 24.3 Å². The number of nitrogens with one attached hydrogen (secondary N) is 1. The molecule has 1 aliphatic heterocycles. The van der Waals surface area contributed by atoms with Gasteiger partial charge in [0.05, 0.1) is 25.5 Å². The molecule has 2 aromatic heterocycles. The molecular formula is C16H21N3O3. The standard InChI is InChI=1S/C16H21N3O3/c1-18-6-2-4-13(18)14(19-7-10-21-11-8-19)12-17-16(20)15-5-3-9-22-15/h2-6,9,14H,7-8,10-12H2,1H3,(H,17,20)/t14-/m0/s1. The summed E-state index contributed by atoms with van der Waals surface area (Å²) in [6.07, 6.45) is 3.53. The molecule has 3 heterocycles. The maximum Gasteiger partial charge on any atom is 0.287 e. The number of amides is 1. The van der Waals surface area contributed by atoms with Gasteiger partial charge in [-0.15, -0.1) is 0 Å². The molecule has 1 aliphatic rings. The van der Waals surface area contributed by atoms with Gasteiger partial charge in [-0.25, -0.2) is 0 Å². The maximum atomic E-state index is 12.1. The van der Waals surface area contributed by atoms with Crippen molar-refractivity contribution < 1.29 is 13.9 Å². The molecule has 6 heteroatoms. The van der Waals surface area contributed by atoms with Crippen LogP contribution in [0.2, 0.25) is 0 Å². The summed E-state index contributed by atoms with van der Waals surface area (Å²) in [7, 11) is 2.02. The molecule has 0 radical (unpaired) electrons. The van der Waals surface area contributed by atoms with Gasteiger partial charge in [-0.2, -0.15) is 0 Å². The molecule has 3 rings (SSSR count). The predicted molar refractivity (Wildman–Crippen MR) is 81.6 cm³/mol. The average Bonchev–Trinajstić information content (AvgIpc) is 3.21. The fourth-order valence-corrected chi connectivity index (χ4v) is 2.81. The van der Waals surface area contributed by atoms with Crippen LogP contribution in [-0.4, -0.2) is 48.2 Å². The normalized spacial score (nSPS) is 17.3. The molecule has 2 aromatic rings. The van der Waals surface area contributed by atoms with Gasteiger partial charge in [-0.1, -0.05) is 0 Å². The summed E-state index contributed by atoms with van der Waals surface area (Å²) in [6.45, 7) is 3.73. The highest BCUT2D eigenvalue weighted by Crippen LogP contribution is 2.21. The molecular weight excluding hydrogens is 282 g/mol. The van der Waals surface area contributed by atoms with Crippen LogP contribution in [0.5, 0.6) is 0 Å². The quantitative estimate of drug-likeness (QED) is 0.907. The number of hydrogen-bond acceptors (Lipinski definition) is 4. The summed E-state index contributed by atoms with van der Waals surface area (Å²) in [5.41, 5.74) is 1.18. The number of rotatable bonds is 5. The predicted octanol–water partition coefficient (Wildman–Crippen LogP) is 1.42. The van der Waals surface area contributed by atoms with Gasteiger partial charge in [0.1, 0.15) is 0 Å². The molecule has 1 amide bonds.